The summed E-state index contributed by atoms with van der Waals surface area (Å²) >= 11 is 6.33. The topological polar surface area (TPSA) is 68.5 Å². The van der Waals surface area contributed by atoms with E-state index in [4.69, 9.17) is 20.8 Å². The van der Waals surface area contributed by atoms with Crippen molar-refractivity contribution < 1.29 is 18.7 Å². The van der Waals surface area contributed by atoms with Crippen LogP contribution in [0.3, 0.4) is 0 Å². The van der Waals surface area contributed by atoms with Gasteiger partial charge in [0, 0.05) is 12.1 Å². The van der Waals surface area contributed by atoms with E-state index < -0.39 is 11.9 Å². The fraction of sp³-hybridized carbons (Fsp3) is 0.143. The number of hydrogen-bond acceptors (Lipinski definition) is 4. The minimum Gasteiger partial charge on any atom is -0.469 e. The lowest BCUT2D eigenvalue weighted by atomic mass is 9.99. The van der Waals surface area contributed by atoms with E-state index >= 15 is 0 Å². The maximum absolute atomic E-state index is 12.6. The van der Waals surface area contributed by atoms with Crippen molar-refractivity contribution in [1.82, 2.24) is 0 Å². The molecule has 1 aromatic heterocycles. The molecule has 0 aliphatic heterocycles. The van der Waals surface area contributed by atoms with Gasteiger partial charge in [0.15, 0.2) is 0 Å². The first kappa shape index (κ1) is 18.7. The van der Waals surface area contributed by atoms with Crippen molar-refractivity contribution in [3.05, 3.63) is 88.3 Å². The Labute approximate surface area is 161 Å². The first-order valence-electron chi connectivity index (χ1n) is 8.38. The number of hydrogen-bond donors (Lipinski definition) is 1. The second-order valence-corrected chi connectivity index (χ2v) is 6.29. The predicted molar refractivity (Wildman–Crippen MR) is 103 cm³/mol. The number of furan rings is 1. The Balaban J connectivity index is 1.88. The summed E-state index contributed by atoms with van der Waals surface area (Å²) in [7, 11) is 1.30. The Morgan fingerprint density at radius 3 is 2.48 bits per heavy atom. The standard InChI is InChI=1S/C21H18ClNO4/c1-26-21(25)17-13-18(20(24)23-15-6-3-2-4-7-15)19(22)12-14(17)9-10-16-8-5-11-27-16/h2-8,11-13H,9-10H2,1H3,(H,23,24). The fourth-order valence-electron chi connectivity index (χ4n) is 2.73. The van der Waals surface area contributed by atoms with Crippen molar-refractivity contribution in [2.75, 3.05) is 12.4 Å². The molecule has 1 amide bonds. The van der Waals surface area contributed by atoms with Crippen LogP contribution in [0.25, 0.3) is 0 Å². The van der Waals surface area contributed by atoms with Gasteiger partial charge in [-0.05, 0) is 48.4 Å². The molecule has 5 nitrogen and oxygen atoms in total. The number of aryl methyl sites for hydroxylation is 2. The van der Waals surface area contributed by atoms with Crippen LogP contribution in [0.15, 0.2) is 65.3 Å². The van der Waals surface area contributed by atoms with Gasteiger partial charge in [0.1, 0.15) is 5.76 Å². The molecule has 6 heteroatoms. The molecule has 1 N–H and O–H groups in total. The number of carbonyl (C=O) groups is 2. The smallest absolute Gasteiger partial charge is 0.338 e. The SMILES string of the molecule is COC(=O)c1cc(C(=O)Nc2ccccc2)c(Cl)cc1CCc1ccco1. The number of methoxy groups -OCH3 is 1. The van der Waals surface area contributed by atoms with E-state index in [2.05, 4.69) is 5.32 Å². The number of halogens is 1. The van der Waals surface area contributed by atoms with Crippen LogP contribution in [0.5, 0.6) is 0 Å². The van der Waals surface area contributed by atoms with Crippen LogP contribution in [-0.4, -0.2) is 19.0 Å². The minimum atomic E-state index is -0.519. The molecule has 3 rings (SSSR count). The Morgan fingerprint density at radius 2 is 1.81 bits per heavy atom. The summed E-state index contributed by atoms with van der Waals surface area (Å²) < 4.78 is 10.2. The number of esters is 1. The summed E-state index contributed by atoms with van der Waals surface area (Å²) in [6.07, 6.45) is 2.72. The molecule has 0 unspecified atom stereocenters. The van der Waals surface area contributed by atoms with Gasteiger partial charge in [-0.25, -0.2) is 4.79 Å². The second kappa shape index (κ2) is 8.56. The van der Waals surface area contributed by atoms with Gasteiger partial charge in [-0.3, -0.25) is 4.79 Å². The maximum Gasteiger partial charge on any atom is 0.338 e. The van der Waals surface area contributed by atoms with Gasteiger partial charge in [-0.2, -0.15) is 0 Å². The summed E-state index contributed by atoms with van der Waals surface area (Å²) in [5.41, 5.74) is 1.86. The lowest BCUT2D eigenvalue weighted by Crippen LogP contribution is -2.15. The summed E-state index contributed by atoms with van der Waals surface area (Å²) in [6, 6.07) is 15.8. The van der Waals surface area contributed by atoms with Gasteiger partial charge in [0.05, 0.1) is 29.5 Å². The maximum atomic E-state index is 12.6. The molecular weight excluding hydrogens is 366 g/mol. The van der Waals surface area contributed by atoms with E-state index in [9.17, 15) is 9.59 Å². The summed E-state index contributed by atoms with van der Waals surface area (Å²) in [4.78, 5) is 24.8. The average Bonchev–Trinajstić information content (AvgIpc) is 3.20. The zero-order chi connectivity index (χ0) is 19.2. The predicted octanol–water partition coefficient (Wildman–Crippen LogP) is 4.76. The van der Waals surface area contributed by atoms with Crippen LogP contribution in [0.4, 0.5) is 5.69 Å². The number of rotatable bonds is 6. The Hall–Kier alpha value is -3.05. The van der Waals surface area contributed by atoms with Crippen LogP contribution in [0, 0.1) is 0 Å². The average molecular weight is 384 g/mol. The molecule has 0 bridgehead atoms. The van der Waals surface area contributed by atoms with E-state index in [0.717, 1.165) is 5.76 Å². The van der Waals surface area contributed by atoms with E-state index in [-0.39, 0.29) is 10.6 Å². The molecule has 27 heavy (non-hydrogen) atoms. The monoisotopic (exact) mass is 383 g/mol. The van der Waals surface area contributed by atoms with Gasteiger partial charge < -0.3 is 14.5 Å². The molecule has 0 radical (unpaired) electrons. The molecule has 0 spiro atoms. The van der Waals surface area contributed by atoms with Crippen molar-refractivity contribution in [2.24, 2.45) is 0 Å². The van der Waals surface area contributed by atoms with Crippen molar-refractivity contribution in [3.63, 3.8) is 0 Å². The molecule has 138 valence electrons. The molecule has 0 atom stereocenters. The van der Waals surface area contributed by atoms with E-state index in [1.165, 1.54) is 13.2 Å². The largest absolute Gasteiger partial charge is 0.469 e. The zero-order valence-corrected chi connectivity index (χ0v) is 15.5. The van der Waals surface area contributed by atoms with Crippen molar-refractivity contribution in [1.29, 1.82) is 0 Å². The van der Waals surface area contributed by atoms with Crippen LogP contribution >= 0.6 is 11.6 Å². The van der Waals surface area contributed by atoms with Gasteiger partial charge in [0.2, 0.25) is 0 Å². The number of nitrogens with one attached hydrogen (secondary N) is 1. The molecule has 0 aliphatic rings. The summed E-state index contributed by atoms with van der Waals surface area (Å²) in [5.74, 6) is -0.114. The number of carbonyl (C=O) groups excluding carboxylic acids is 2. The highest BCUT2D eigenvalue weighted by Gasteiger charge is 2.19. The Morgan fingerprint density at radius 1 is 1.04 bits per heavy atom. The molecule has 0 saturated heterocycles. The van der Waals surface area contributed by atoms with Gasteiger partial charge in [0.25, 0.3) is 5.91 Å². The van der Waals surface area contributed by atoms with Crippen LogP contribution in [0.1, 0.15) is 32.0 Å². The lowest BCUT2D eigenvalue weighted by molar-refractivity contribution is 0.0599. The van der Waals surface area contributed by atoms with E-state index in [1.807, 2.05) is 24.3 Å². The first-order valence-corrected chi connectivity index (χ1v) is 8.76. The van der Waals surface area contributed by atoms with E-state index in [1.54, 1.807) is 30.5 Å². The van der Waals surface area contributed by atoms with E-state index in [0.29, 0.717) is 29.7 Å². The Kier molecular flexibility index (Phi) is 5.94. The molecule has 1 heterocycles. The summed E-state index contributed by atoms with van der Waals surface area (Å²) in [5, 5.41) is 3.04. The number of anilines is 1. The highest BCUT2D eigenvalue weighted by atomic mass is 35.5. The second-order valence-electron chi connectivity index (χ2n) is 5.88. The quantitative estimate of drug-likeness (QED) is 0.623. The van der Waals surface area contributed by atoms with Gasteiger partial charge in [-0.1, -0.05) is 29.8 Å². The van der Waals surface area contributed by atoms with Gasteiger partial charge >= 0.3 is 5.97 Å². The third-order valence-electron chi connectivity index (χ3n) is 4.10. The highest BCUT2D eigenvalue weighted by Crippen LogP contribution is 2.25. The fourth-order valence-corrected chi connectivity index (χ4v) is 3.00. The minimum absolute atomic E-state index is 0.211. The summed E-state index contributed by atoms with van der Waals surface area (Å²) in [6.45, 7) is 0. The van der Waals surface area contributed by atoms with Gasteiger partial charge in [-0.15, -0.1) is 0 Å². The number of para-hydroxylation sites is 1. The lowest BCUT2D eigenvalue weighted by Gasteiger charge is -2.12. The molecular formula is C21H18ClNO4. The molecule has 0 fully saturated rings. The van der Waals surface area contributed by atoms with Crippen molar-refractivity contribution >= 4 is 29.2 Å². The van der Waals surface area contributed by atoms with Crippen molar-refractivity contribution in [3.8, 4) is 0 Å². The molecule has 3 aromatic rings. The third kappa shape index (κ3) is 4.57. The third-order valence-corrected chi connectivity index (χ3v) is 4.41. The van der Waals surface area contributed by atoms with Crippen LogP contribution in [-0.2, 0) is 17.6 Å². The first-order chi connectivity index (χ1) is 13.1. The number of amides is 1. The van der Waals surface area contributed by atoms with Crippen LogP contribution in [0.2, 0.25) is 5.02 Å². The Bertz CT molecular complexity index is 936. The normalized spacial score (nSPS) is 10.4. The highest BCUT2D eigenvalue weighted by molar-refractivity contribution is 6.34. The van der Waals surface area contributed by atoms with Crippen LogP contribution < -0.4 is 5.32 Å². The zero-order valence-electron chi connectivity index (χ0n) is 14.7. The number of ether oxygens (including phenoxy) is 1. The van der Waals surface area contributed by atoms with Crippen molar-refractivity contribution in [2.45, 2.75) is 12.8 Å². The molecule has 0 aliphatic carbocycles. The number of benzene rings is 2. The molecule has 2 aromatic carbocycles. The molecule has 0 saturated carbocycles.